The van der Waals surface area contributed by atoms with Crippen LogP contribution in [-0.4, -0.2) is 27.5 Å². The fourth-order valence-corrected chi connectivity index (χ4v) is 1.58. The Balaban J connectivity index is 2.33. The number of halogens is 1. The fraction of sp³-hybridized carbons (Fsp3) is 0.250. The van der Waals surface area contributed by atoms with Crippen LogP contribution in [0.4, 0.5) is 0 Å². The van der Waals surface area contributed by atoms with Gasteiger partial charge in [0.05, 0.1) is 6.10 Å². The Morgan fingerprint density at radius 1 is 1.28 bits per heavy atom. The van der Waals surface area contributed by atoms with Gasteiger partial charge in [-0.1, -0.05) is 23.7 Å². The highest BCUT2D eigenvalue weighted by Crippen LogP contribution is 2.22. The van der Waals surface area contributed by atoms with E-state index in [0.29, 0.717) is 10.7 Å². The number of ether oxygens (including phenoxy) is 1. The standard InChI is InChI=1S/C12H12ClN3O2/c1-7(2)18-12(17)11-10(14-16-15-11)8-3-5-9(13)6-4-8/h3-7H,1-2H3,(H,14,15,16). The maximum Gasteiger partial charge on any atom is 0.361 e. The van der Waals surface area contributed by atoms with Gasteiger partial charge in [0, 0.05) is 10.6 Å². The zero-order valence-electron chi connectivity index (χ0n) is 9.98. The van der Waals surface area contributed by atoms with Gasteiger partial charge in [-0.15, -0.1) is 5.10 Å². The molecule has 18 heavy (non-hydrogen) atoms. The summed E-state index contributed by atoms with van der Waals surface area (Å²) in [6.07, 6.45) is -0.202. The highest BCUT2D eigenvalue weighted by Gasteiger charge is 2.20. The summed E-state index contributed by atoms with van der Waals surface area (Å²) in [5, 5.41) is 10.8. The average molecular weight is 266 g/mol. The molecule has 0 atom stereocenters. The predicted molar refractivity (Wildman–Crippen MR) is 67.4 cm³/mol. The summed E-state index contributed by atoms with van der Waals surface area (Å²) in [6, 6.07) is 6.99. The second-order valence-electron chi connectivity index (χ2n) is 3.98. The molecule has 0 spiro atoms. The minimum absolute atomic E-state index is 0.172. The number of carbonyl (C=O) groups excluding carboxylic acids is 1. The SMILES string of the molecule is CC(C)OC(=O)c1n[nH]nc1-c1ccc(Cl)cc1. The lowest BCUT2D eigenvalue weighted by Gasteiger charge is -2.06. The van der Waals surface area contributed by atoms with Crippen molar-refractivity contribution in [1.82, 2.24) is 15.4 Å². The van der Waals surface area contributed by atoms with Gasteiger partial charge in [0.25, 0.3) is 0 Å². The quantitative estimate of drug-likeness (QED) is 0.867. The molecule has 0 unspecified atom stereocenters. The Labute approximate surface area is 109 Å². The van der Waals surface area contributed by atoms with Gasteiger partial charge in [-0.05, 0) is 26.0 Å². The number of carbonyl (C=O) groups is 1. The molecule has 0 saturated carbocycles. The number of nitrogens with zero attached hydrogens (tertiary/aromatic N) is 2. The number of hydrogen-bond donors (Lipinski definition) is 1. The van der Waals surface area contributed by atoms with Crippen molar-refractivity contribution in [1.29, 1.82) is 0 Å². The molecule has 1 heterocycles. The maximum absolute atomic E-state index is 11.8. The molecular formula is C12H12ClN3O2. The van der Waals surface area contributed by atoms with E-state index in [9.17, 15) is 4.79 Å². The molecule has 0 aliphatic carbocycles. The molecule has 1 N–H and O–H groups in total. The number of hydrogen-bond acceptors (Lipinski definition) is 4. The van der Waals surface area contributed by atoms with Gasteiger partial charge < -0.3 is 4.74 Å². The molecule has 6 heteroatoms. The first kappa shape index (κ1) is 12.6. The minimum Gasteiger partial charge on any atom is -0.458 e. The van der Waals surface area contributed by atoms with Crippen LogP contribution in [0, 0.1) is 0 Å². The molecule has 0 fully saturated rings. The molecule has 94 valence electrons. The molecule has 2 rings (SSSR count). The third kappa shape index (κ3) is 2.68. The second kappa shape index (κ2) is 5.18. The summed E-state index contributed by atoms with van der Waals surface area (Å²) >= 11 is 5.81. The van der Waals surface area contributed by atoms with Gasteiger partial charge in [-0.3, -0.25) is 0 Å². The van der Waals surface area contributed by atoms with E-state index in [1.165, 1.54) is 0 Å². The molecular weight excluding hydrogens is 254 g/mol. The fourth-order valence-electron chi connectivity index (χ4n) is 1.45. The van der Waals surface area contributed by atoms with Gasteiger partial charge in [-0.2, -0.15) is 10.3 Å². The van der Waals surface area contributed by atoms with Crippen molar-refractivity contribution in [3.8, 4) is 11.3 Å². The first-order valence-electron chi connectivity index (χ1n) is 5.45. The number of rotatable bonds is 3. The number of aromatic nitrogens is 3. The Kier molecular flexibility index (Phi) is 3.62. The smallest absolute Gasteiger partial charge is 0.361 e. The Bertz CT molecular complexity index is 549. The average Bonchev–Trinajstić information content (AvgIpc) is 2.78. The first-order valence-corrected chi connectivity index (χ1v) is 5.83. The maximum atomic E-state index is 11.8. The lowest BCUT2D eigenvalue weighted by molar-refractivity contribution is 0.0372. The lowest BCUT2D eigenvalue weighted by atomic mass is 10.1. The summed E-state index contributed by atoms with van der Waals surface area (Å²) in [7, 11) is 0. The van der Waals surface area contributed by atoms with Crippen LogP contribution < -0.4 is 0 Å². The molecule has 0 bridgehead atoms. The van der Waals surface area contributed by atoms with E-state index < -0.39 is 5.97 Å². The molecule has 0 saturated heterocycles. The summed E-state index contributed by atoms with van der Waals surface area (Å²) in [5.74, 6) is -0.497. The van der Waals surface area contributed by atoms with Crippen molar-refractivity contribution < 1.29 is 9.53 Å². The van der Waals surface area contributed by atoms with Crippen molar-refractivity contribution in [2.75, 3.05) is 0 Å². The molecule has 0 aliphatic rings. The molecule has 0 amide bonds. The van der Waals surface area contributed by atoms with Gasteiger partial charge in [-0.25, -0.2) is 4.79 Å². The van der Waals surface area contributed by atoms with Gasteiger partial charge in [0.15, 0.2) is 5.69 Å². The van der Waals surface area contributed by atoms with Gasteiger partial charge in [0.1, 0.15) is 5.69 Å². The number of nitrogens with one attached hydrogen (secondary N) is 1. The first-order chi connectivity index (χ1) is 8.58. The normalized spacial score (nSPS) is 10.7. The number of H-pyrrole nitrogens is 1. The van der Waals surface area contributed by atoms with Crippen molar-refractivity contribution in [3.05, 3.63) is 35.0 Å². The summed E-state index contributed by atoms with van der Waals surface area (Å²) in [4.78, 5) is 11.8. The van der Waals surface area contributed by atoms with Gasteiger partial charge in [0.2, 0.25) is 0 Å². The van der Waals surface area contributed by atoms with Crippen LogP contribution in [0.2, 0.25) is 5.02 Å². The molecule has 1 aromatic heterocycles. The summed E-state index contributed by atoms with van der Waals surface area (Å²) in [6.45, 7) is 3.56. The van der Waals surface area contributed by atoms with E-state index in [2.05, 4.69) is 15.4 Å². The van der Waals surface area contributed by atoms with Crippen LogP contribution in [0.25, 0.3) is 11.3 Å². The van der Waals surface area contributed by atoms with Gasteiger partial charge >= 0.3 is 5.97 Å². The monoisotopic (exact) mass is 265 g/mol. The van der Waals surface area contributed by atoms with Crippen LogP contribution in [0.1, 0.15) is 24.3 Å². The summed E-state index contributed by atoms with van der Waals surface area (Å²) in [5.41, 5.74) is 1.38. The van der Waals surface area contributed by atoms with Crippen molar-refractivity contribution in [2.45, 2.75) is 20.0 Å². The highest BCUT2D eigenvalue weighted by atomic mass is 35.5. The molecule has 1 aromatic carbocycles. The lowest BCUT2D eigenvalue weighted by Crippen LogP contribution is -2.13. The van der Waals surface area contributed by atoms with Crippen LogP contribution in [0.15, 0.2) is 24.3 Å². The zero-order chi connectivity index (χ0) is 13.1. The third-order valence-corrected chi connectivity index (χ3v) is 2.45. The van der Waals surface area contributed by atoms with Crippen molar-refractivity contribution >= 4 is 17.6 Å². The Hall–Kier alpha value is -1.88. The Morgan fingerprint density at radius 3 is 2.56 bits per heavy atom. The van der Waals surface area contributed by atoms with Crippen molar-refractivity contribution in [3.63, 3.8) is 0 Å². The van der Waals surface area contributed by atoms with Crippen LogP contribution in [-0.2, 0) is 4.74 Å². The van der Waals surface area contributed by atoms with E-state index in [1.54, 1.807) is 38.1 Å². The number of esters is 1. The Morgan fingerprint density at radius 2 is 1.94 bits per heavy atom. The van der Waals surface area contributed by atoms with Crippen LogP contribution >= 0.6 is 11.6 Å². The highest BCUT2D eigenvalue weighted by molar-refractivity contribution is 6.30. The zero-order valence-corrected chi connectivity index (χ0v) is 10.7. The molecule has 2 aromatic rings. The molecule has 5 nitrogen and oxygen atoms in total. The van der Waals surface area contributed by atoms with Crippen LogP contribution in [0.3, 0.4) is 0 Å². The van der Waals surface area contributed by atoms with Crippen LogP contribution in [0.5, 0.6) is 0 Å². The number of aromatic amines is 1. The van der Waals surface area contributed by atoms with E-state index in [4.69, 9.17) is 16.3 Å². The molecule has 0 radical (unpaired) electrons. The largest absolute Gasteiger partial charge is 0.458 e. The summed E-state index contributed by atoms with van der Waals surface area (Å²) < 4.78 is 5.09. The number of benzene rings is 1. The molecule has 0 aliphatic heterocycles. The van der Waals surface area contributed by atoms with Crippen molar-refractivity contribution in [2.24, 2.45) is 0 Å². The second-order valence-corrected chi connectivity index (χ2v) is 4.42. The van der Waals surface area contributed by atoms with E-state index >= 15 is 0 Å². The van der Waals surface area contributed by atoms with E-state index in [0.717, 1.165) is 5.56 Å². The van der Waals surface area contributed by atoms with E-state index in [1.807, 2.05) is 0 Å². The third-order valence-electron chi connectivity index (χ3n) is 2.20. The van der Waals surface area contributed by atoms with E-state index in [-0.39, 0.29) is 11.8 Å². The minimum atomic E-state index is -0.497. The topological polar surface area (TPSA) is 67.9 Å². The predicted octanol–water partition coefficient (Wildman–Crippen LogP) is 2.69.